The molecule has 0 unspecified atom stereocenters. The Morgan fingerprint density at radius 2 is 1.91 bits per heavy atom. The summed E-state index contributed by atoms with van der Waals surface area (Å²) < 4.78 is 38.8. The molecule has 0 radical (unpaired) electrons. The number of nitrogens with one attached hydrogen (secondary N) is 2. The lowest BCUT2D eigenvalue weighted by Gasteiger charge is -2.14. The van der Waals surface area contributed by atoms with E-state index in [-0.39, 0.29) is 4.90 Å². The number of anilines is 2. The number of aromatic amines is 1. The van der Waals surface area contributed by atoms with Crippen LogP contribution in [-0.4, -0.2) is 37.4 Å². The molecule has 0 aliphatic rings. The van der Waals surface area contributed by atoms with Crippen LogP contribution in [0.15, 0.2) is 71.6 Å². The highest BCUT2D eigenvalue weighted by atomic mass is 32.2. The third-order valence-corrected chi connectivity index (χ3v) is 6.90. The Bertz CT molecular complexity index is 1400. The van der Waals surface area contributed by atoms with Gasteiger partial charge in [-0.1, -0.05) is 18.2 Å². The minimum Gasteiger partial charge on any atom is -0.494 e. The van der Waals surface area contributed by atoms with Gasteiger partial charge in [0.2, 0.25) is 5.88 Å². The fourth-order valence-corrected chi connectivity index (χ4v) is 4.82. The zero-order valence-electron chi connectivity index (χ0n) is 19.3. The van der Waals surface area contributed by atoms with Crippen molar-refractivity contribution in [2.75, 3.05) is 24.2 Å². The van der Waals surface area contributed by atoms with Crippen LogP contribution < -0.4 is 19.9 Å². The van der Waals surface area contributed by atoms with Gasteiger partial charge in [0.05, 0.1) is 35.6 Å². The van der Waals surface area contributed by atoms with Gasteiger partial charge in [-0.15, -0.1) is 5.10 Å². The second-order valence-electron chi connectivity index (χ2n) is 8.10. The van der Waals surface area contributed by atoms with Crippen LogP contribution in [0.25, 0.3) is 10.9 Å². The Labute approximate surface area is 203 Å². The molecule has 184 valence electrons. The van der Waals surface area contributed by atoms with Crippen molar-refractivity contribution in [3.05, 3.63) is 72.3 Å². The van der Waals surface area contributed by atoms with Crippen LogP contribution in [0.5, 0.6) is 11.6 Å². The lowest BCUT2D eigenvalue weighted by Crippen LogP contribution is -2.13. The van der Waals surface area contributed by atoms with Gasteiger partial charge in [0.1, 0.15) is 5.75 Å². The molecule has 0 amide bonds. The average molecular weight is 497 g/mol. The van der Waals surface area contributed by atoms with E-state index in [4.69, 9.17) is 15.2 Å². The van der Waals surface area contributed by atoms with Crippen LogP contribution in [0.1, 0.15) is 30.9 Å². The zero-order chi connectivity index (χ0) is 24.8. The number of unbranched alkanes of at least 4 members (excludes halogenated alkanes) is 1. The number of nitrogen functional groups attached to an aromatic ring is 1. The number of hydrogen-bond donors (Lipinski definition) is 4. The molecule has 0 bridgehead atoms. The summed E-state index contributed by atoms with van der Waals surface area (Å²) in [5.74, 6) is 1.27. The van der Waals surface area contributed by atoms with Crippen molar-refractivity contribution in [3.8, 4) is 11.6 Å². The molecule has 0 aliphatic carbocycles. The average Bonchev–Trinajstić information content (AvgIpc) is 3.26. The van der Waals surface area contributed by atoms with Crippen LogP contribution in [0.3, 0.4) is 0 Å². The first-order valence-electron chi connectivity index (χ1n) is 11.2. The Morgan fingerprint density at radius 3 is 2.71 bits per heavy atom. The van der Waals surface area contributed by atoms with E-state index in [9.17, 15) is 13.5 Å². The normalized spacial score (nSPS) is 12.4. The molecule has 4 rings (SSSR count). The highest BCUT2D eigenvalue weighted by Crippen LogP contribution is 2.27. The van der Waals surface area contributed by atoms with E-state index in [1.165, 1.54) is 12.1 Å². The number of sulfonamides is 1. The molecule has 10 heteroatoms. The summed E-state index contributed by atoms with van der Waals surface area (Å²) in [6, 6.07) is 18.5. The summed E-state index contributed by atoms with van der Waals surface area (Å²) in [5.41, 5.74) is 7.91. The first-order valence-corrected chi connectivity index (χ1v) is 12.7. The number of nitrogens with two attached hydrogens (primary N) is 1. The summed E-state index contributed by atoms with van der Waals surface area (Å²) >= 11 is 0. The summed E-state index contributed by atoms with van der Waals surface area (Å²) in [6.45, 7) is 0.504. The standard InChI is InChI=1S/C25H28N4O5S/c1-33-25-22-12-11-20(16-23(22)27-28-25)34-13-3-2-10-24(30)17-6-4-8-19(14-17)29-35(31,32)21-9-5-7-18(26)15-21/h4-9,11-12,14-16,24,29-30H,2-3,10,13,26H2,1H3,(H,27,28)/t24-/m0/s1. The van der Waals surface area contributed by atoms with Crippen molar-refractivity contribution in [1.82, 2.24) is 10.2 Å². The number of ether oxygens (including phenoxy) is 2. The summed E-state index contributed by atoms with van der Waals surface area (Å²) in [5, 5.41) is 18.5. The molecule has 35 heavy (non-hydrogen) atoms. The quantitative estimate of drug-likeness (QED) is 0.180. The highest BCUT2D eigenvalue weighted by Gasteiger charge is 2.16. The number of methoxy groups -OCH3 is 1. The maximum Gasteiger partial charge on any atom is 0.261 e. The van der Waals surface area contributed by atoms with Crippen molar-refractivity contribution in [1.29, 1.82) is 0 Å². The maximum absolute atomic E-state index is 12.6. The van der Waals surface area contributed by atoms with Gasteiger partial charge >= 0.3 is 0 Å². The lowest BCUT2D eigenvalue weighted by atomic mass is 10.0. The van der Waals surface area contributed by atoms with Gasteiger partial charge in [-0.05, 0) is 67.3 Å². The van der Waals surface area contributed by atoms with Gasteiger partial charge in [-0.2, -0.15) is 0 Å². The number of benzene rings is 3. The Hall–Kier alpha value is -3.76. The van der Waals surface area contributed by atoms with Gasteiger partial charge in [0.25, 0.3) is 10.0 Å². The fraction of sp³-hybridized carbons (Fsp3) is 0.240. The zero-order valence-corrected chi connectivity index (χ0v) is 20.1. The van der Waals surface area contributed by atoms with Crippen molar-refractivity contribution < 1.29 is 23.0 Å². The van der Waals surface area contributed by atoms with E-state index in [2.05, 4.69) is 14.9 Å². The van der Waals surface area contributed by atoms with Gasteiger partial charge in [-0.3, -0.25) is 9.82 Å². The van der Waals surface area contributed by atoms with Gasteiger partial charge in [0, 0.05) is 17.4 Å². The summed E-state index contributed by atoms with van der Waals surface area (Å²) in [4.78, 5) is 0.0780. The molecule has 3 aromatic carbocycles. The van der Waals surface area contributed by atoms with Crippen molar-refractivity contribution in [2.24, 2.45) is 0 Å². The smallest absolute Gasteiger partial charge is 0.261 e. The number of aliphatic hydroxyl groups excluding tert-OH is 1. The van der Waals surface area contributed by atoms with E-state index in [0.717, 1.165) is 29.5 Å². The molecule has 1 atom stereocenters. The van der Waals surface area contributed by atoms with Crippen LogP contribution in [-0.2, 0) is 10.0 Å². The Balaban J connectivity index is 1.27. The molecule has 0 saturated heterocycles. The molecule has 1 aromatic heterocycles. The molecule has 4 aromatic rings. The van der Waals surface area contributed by atoms with Gasteiger partial charge in [-0.25, -0.2) is 8.42 Å². The second-order valence-corrected chi connectivity index (χ2v) is 9.79. The molecule has 5 N–H and O–H groups in total. The van der Waals surface area contributed by atoms with E-state index < -0.39 is 16.1 Å². The lowest BCUT2D eigenvalue weighted by molar-refractivity contribution is 0.160. The molecule has 1 heterocycles. The van der Waals surface area contributed by atoms with Crippen molar-refractivity contribution in [3.63, 3.8) is 0 Å². The van der Waals surface area contributed by atoms with Crippen LogP contribution >= 0.6 is 0 Å². The third kappa shape index (κ3) is 6.03. The van der Waals surface area contributed by atoms with E-state index in [1.807, 2.05) is 18.2 Å². The first kappa shape index (κ1) is 24.4. The topological polar surface area (TPSA) is 140 Å². The molecule has 0 spiro atoms. The predicted molar refractivity (Wildman–Crippen MR) is 135 cm³/mol. The molecule has 0 fully saturated rings. The van der Waals surface area contributed by atoms with E-state index >= 15 is 0 Å². The summed E-state index contributed by atoms with van der Waals surface area (Å²) in [7, 11) is -2.21. The number of aromatic nitrogens is 2. The Kier molecular flexibility index (Phi) is 7.42. The largest absolute Gasteiger partial charge is 0.494 e. The van der Waals surface area contributed by atoms with Gasteiger partial charge < -0.3 is 20.3 Å². The fourth-order valence-electron chi connectivity index (χ4n) is 3.72. The van der Waals surface area contributed by atoms with Crippen LogP contribution in [0.2, 0.25) is 0 Å². The number of H-pyrrole nitrogens is 1. The third-order valence-electron chi connectivity index (χ3n) is 5.53. The van der Waals surface area contributed by atoms with Crippen molar-refractivity contribution >= 4 is 32.3 Å². The van der Waals surface area contributed by atoms with Gasteiger partial charge in [0.15, 0.2) is 0 Å². The molecular formula is C25H28N4O5S. The predicted octanol–water partition coefficient (Wildman–Crippen LogP) is 4.24. The number of rotatable bonds is 11. The minimum atomic E-state index is -3.78. The van der Waals surface area contributed by atoms with E-state index in [1.54, 1.807) is 43.5 Å². The number of hydrogen-bond acceptors (Lipinski definition) is 7. The van der Waals surface area contributed by atoms with Crippen LogP contribution in [0, 0.1) is 0 Å². The molecule has 0 aliphatic heterocycles. The van der Waals surface area contributed by atoms with Crippen molar-refractivity contribution in [2.45, 2.75) is 30.3 Å². The highest BCUT2D eigenvalue weighted by molar-refractivity contribution is 7.92. The monoisotopic (exact) mass is 496 g/mol. The first-order chi connectivity index (χ1) is 16.9. The molecule has 9 nitrogen and oxygen atoms in total. The molecule has 0 saturated carbocycles. The number of aliphatic hydroxyl groups is 1. The second kappa shape index (κ2) is 10.7. The molecular weight excluding hydrogens is 468 g/mol. The maximum atomic E-state index is 12.6. The summed E-state index contributed by atoms with van der Waals surface area (Å²) in [6.07, 6.45) is 1.29. The van der Waals surface area contributed by atoms with Crippen LogP contribution in [0.4, 0.5) is 11.4 Å². The number of nitrogens with zero attached hydrogens (tertiary/aromatic N) is 1. The Morgan fingerprint density at radius 1 is 1.09 bits per heavy atom. The SMILES string of the molecule is COc1n[nH]c2cc(OCCCC[C@H](O)c3cccc(NS(=O)(=O)c4cccc(N)c4)c3)ccc12. The minimum absolute atomic E-state index is 0.0780. The van der Waals surface area contributed by atoms with E-state index in [0.29, 0.717) is 35.8 Å². The number of fused-ring (bicyclic) bond motifs is 1.